The minimum absolute atomic E-state index is 0.252. The van der Waals surface area contributed by atoms with Gasteiger partial charge >= 0.3 is 0 Å². The van der Waals surface area contributed by atoms with Crippen molar-refractivity contribution in [1.82, 2.24) is 19.5 Å². The summed E-state index contributed by atoms with van der Waals surface area (Å²) in [6, 6.07) is 26.4. The fourth-order valence-corrected chi connectivity index (χ4v) is 7.28. The molecule has 0 unspecified atom stereocenters. The molecule has 4 aromatic carbocycles. The molecule has 0 saturated heterocycles. The smallest absolute Gasteiger partial charge is 0.188 e. The summed E-state index contributed by atoms with van der Waals surface area (Å²) in [4.78, 5) is 6.90. The van der Waals surface area contributed by atoms with E-state index in [2.05, 4.69) is 9.97 Å². The lowest BCUT2D eigenvalue weighted by molar-refractivity contribution is 0.400. The molecular formula is C44H20F10N4. The van der Waals surface area contributed by atoms with E-state index in [-0.39, 0.29) is 22.3 Å². The second-order valence-corrected chi connectivity index (χ2v) is 13.1. The first-order valence-corrected chi connectivity index (χ1v) is 17.3. The second-order valence-electron chi connectivity index (χ2n) is 13.1. The molecule has 9 rings (SSSR count). The van der Waals surface area contributed by atoms with Gasteiger partial charge in [-0.15, -0.1) is 0 Å². The van der Waals surface area contributed by atoms with Crippen LogP contribution in [0.4, 0.5) is 44.1 Å². The topological polar surface area (TPSA) is 35.6 Å². The van der Waals surface area contributed by atoms with Gasteiger partial charge in [0.2, 0.25) is 0 Å². The standard InChI is InChI=1S/C44H20F10N4/c45-29-30(46)38-26(22-15-7-2-8-16-22)43-35(51)36(52)44(58(43)54)28(24-19-11-4-12-20-24)40-32(48)31(47)39(56-40)27(23-17-9-3-10-18-23)42-34(50)33(49)41(57(42)53)25(37(29)55-38)21-13-5-1-6-14-21/h1-20H. The first-order valence-electron chi connectivity index (χ1n) is 17.3. The van der Waals surface area contributed by atoms with Gasteiger partial charge in [-0.3, -0.25) is 0 Å². The van der Waals surface area contributed by atoms with Gasteiger partial charge in [0.1, 0.15) is 44.8 Å². The molecule has 2 aliphatic heterocycles. The molecule has 0 spiro atoms. The quantitative estimate of drug-likeness (QED) is 0.166. The molecule has 286 valence electrons. The highest BCUT2D eigenvalue weighted by Crippen LogP contribution is 2.49. The summed E-state index contributed by atoms with van der Waals surface area (Å²) in [5, 5.41) is 0. The average Bonchev–Trinajstić information content (AvgIpc) is 3.85. The summed E-state index contributed by atoms with van der Waals surface area (Å²) in [6.45, 7) is 0. The van der Waals surface area contributed by atoms with E-state index in [1.807, 2.05) is 0 Å². The summed E-state index contributed by atoms with van der Waals surface area (Å²) in [5.74, 6) is -15.5. The molecule has 0 radical (unpaired) electrons. The highest BCUT2D eigenvalue weighted by Gasteiger charge is 2.37. The van der Waals surface area contributed by atoms with Gasteiger partial charge in [-0.25, -0.2) is 45.1 Å². The lowest BCUT2D eigenvalue weighted by atomic mass is 10.0. The zero-order valence-corrected chi connectivity index (χ0v) is 29.1. The molecule has 0 saturated carbocycles. The Labute approximate surface area is 320 Å². The summed E-state index contributed by atoms with van der Waals surface area (Å²) < 4.78 is 167. The lowest BCUT2D eigenvalue weighted by Crippen LogP contribution is -1.96. The van der Waals surface area contributed by atoms with Gasteiger partial charge in [0.05, 0.1) is 0 Å². The van der Waals surface area contributed by atoms with Crippen LogP contribution in [0.25, 0.3) is 89.9 Å². The van der Waals surface area contributed by atoms with Crippen LogP contribution in [0.5, 0.6) is 0 Å². The first kappa shape index (κ1) is 36.4. The van der Waals surface area contributed by atoms with E-state index in [1.54, 1.807) is 0 Å². The number of hydrogen-bond acceptors (Lipinski definition) is 2. The largest absolute Gasteiger partial charge is 0.241 e. The van der Waals surface area contributed by atoms with Gasteiger partial charge in [0, 0.05) is 22.3 Å². The van der Waals surface area contributed by atoms with Gasteiger partial charge in [0.25, 0.3) is 0 Å². The molecule has 0 aliphatic carbocycles. The average molecular weight is 795 g/mol. The van der Waals surface area contributed by atoms with Crippen LogP contribution in [-0.4, -0.2) is 19.5 Å². The molecule has 58 heavy (non-hydrogen) atoms. The molecule has 4 nitrogen and oxygen atoms in total. The molecule has 0 N–H and O–H groups in total. The number of halogens is 10. The third kappa shape index (κ3) is 5.31. The summed E-state index contributed by atoms with van der Waals surface area (Å²) in [6.07, 6.45) is 0. The van der Waals surface area contributed by atoms with E-state index in [0.717, 1.165) is 0 Å². The SMILES string of the molecule is FC1=C(F)c2nc1c(-c1ccccc1)c1c(F)c(F)c(c(-c3ccccc3)c3nc(c(-c4ccccc4)c4c(F)c(F)c(c2-c2ccccc2)n4F)C(F)=C3F)n1F. The molecule has 0 amide bonds. The Morgan fingerprint density at radius 3 is 0.672 bits per heavy atom. The van der Waals surface area contributed by atoms with Crippen molar-refractivity contribution in [3.8, 4) is 44.5 Å². The van der Waals surface area contributed by atoms with Gasteiger partial charge in [-0.05, 0) is 22.3 Å². The van der Waals surface area contributed by atoms with Crippen LogP contribution in [0.3, 0.4) is 0 Å². The van der Waals surface area contributed by atoms with Crippen molar-refractivity contribution in [2.24, 2.45) is 0 Å². The predicted molar refractivity (Wildman–Crippen MR) is 201 cm³/mol. The van der Waals surface area contributed by atoms with Crippen LogP contribution < -0.4 is 0 Å². The number of aromatic nitrogens is 4. The molecule has 2 aliphatic rings. The molecule has 0 fully saturated rings. The number of nitrogens with zero attached hydrogens (tertiary/aromatic N) is 4. The Kier molecular flexibility index (Phi) is 8.64. The monoisotopic (exact) mass is 794 g/mol. The van der Waals surface area contributed by atoms with Gasteiger partial charge < -0.3 is 0 Å². The van der Waals surface area contributed by atoms with Gasteiger partial charge in [0.15, 0.2) is 46.6 Å². The zero-order chi connectivity index (χ0) is 40.6. The Bertz CT molecular complexity index is 2680. The Morgan fingerprint density at radius 2 is 0.483 bits per heavy atom. The maximum atomic E-state index is 17.2. The van der Waals surface area contributed by atoms with Crippen molar-refractivity contribution < 1.29 is 44.1 Å². The highest BCUT2D eigenvalue weighted by molar-refractivity contribution is 6.05. The fourth-order valence-electron chi connectivity index (χ4n) is 7.28. The van der Waals surface area contributed by atoms with Crippen molar-refractivity contribution in [1.29, 1.82) is 0 Å². The van der Waals surface area contributed by atoms with Crippen molar-refractivity contribution in [2.75, 3.05) is 0 Å². The molecular weight excluding hydrogens is 774 g/mol. The third-order valence-electron chi connectivity index (χ3n) is 9.81. The Balaban J connectivity index is 1.67. The lowest BCUT2D eigenvalue weighted by Gasteiger charge is -2.08. The Hall–Kier alpha value is -7.22. The summed E-state index contributed by atoms with van der Waals surface area (Å²) in [5.41, 5.74) is -14.7. The van der Waals surface area contributed by atoms with E-state index in [0.29, 0.717) is 0 Å². The van der Waals surface area contributed by atoms with Crippen LogP contribution in [0, 0.1) is 23.3 Å². The van der Waals surface area contributed by atoms with E-state index in [4.69, 9.17) is 0 Å². The summed E-state index contributed by atoms with van der Waals surface area (Å²) in [7, 11) is 0. The van der Waals surface area contributed by atoms with Crippen LogP contribution in [0.15, 0.2) is 121 Å². The van der Waals surface area contributed by atoms with E-state index < -0.39 is 123 Å². The van der Waals surface area contributed by atoms with E-state index in [9.17, 15) is 0 Å². The number of benzene rings is 4. The molecule has 8 bridgehead atoms. The summed E-state index contributed by atoms with van der Waals surface area (Å²) >= 11 is 0. The fraction of sp³-hybridized carbons (Fsp3) is 0. The molecule has 0 atom stereocenters. The predicted octanol–water partition coefficient (Wildman–Crippen LogP) is 13.5. The number of rotatable bonds is 4. The zero-order valence-electron chi connectivity index (χ0n) is 29.1. The van der Waals surface area contributed by atoms with Gasteiger partial charge in [-0.2, -0.15) is 9.58 Å². The maximum absolute atomic E-state index is 17.2. The van der Waals surface area contributed by atoms with Crippen molar-refractivity contribution in [2.45, 2.75) is 0 Å². The number of hydrogen-bond donors (Lipinski definition) is 0. The first-order chi connectivity index (χ1) is 28.0. The molecule has 3 aromatic heterocycles. The van der Waals surface area contributed by atoms with Crippen LogP contribution in [-0.2, 0) is 0 Å². The van der Waals surface area contributed by atoms with Crippen molar-refractivity contribution in [3.63, 3.8) is 0 Å². The molecule has 14 heteroatoms. The Morgan fingerprint density at radius 1 is 0.293 bits per heavy atom. The van der Waals surface area contributed by atoms with E-state index in [1.165, 1.54) is 121 Å². The van der Waals surface area contributed by atoms with Gasteiger partial charge in [-0.1, -0.05) is 130 Å². The number of fused-ring (bicyclic) bond motifs is 8. The highest BCUT2D eigenvalue weighted by atomic mass is 19.2. The van der Waals surface area contributed by atoms with E-state index >= 15 is 44.1 Å². The molecule has 5 heterocycles. The minimum atomic E-state index is -1.98. The van der Waals surface area contributed by atoms with Crippen molar-refractivity contribution >= 4 is 45.4 Å². The van der Waals surface area contributed by atoms with Crippen LogP contribution in [0.2, 0.25) is 0 Å². The minimum Gasteiger partial charge on any atom is -0.241 e. The second kappa shape index (κ2) is 13.8. The van der Waals surface area contributed by atoms with Crippen LogP contribution >= 0.6 is 0 Å². The third-order valence-corrected chi connectivity index (χ3v) is 9.81. The van der Waals surface area contributed by atoms with Crippen molar-refractivity contribution in [3.05, 3.63) is 167 Å². The normalized spacial score (nSPS) is 12.9. The molecule has 7 aromatic rings. The van der Waals surface area contributed by atoms with Crippen LogP contribution in [0.1, 0.15) is 22.8 Å². The maximum Gasteiger partial charge on any atom is 0.188 e.